The molecule has 184 valence electrons. The SMILES string of the molecule is CC(N)C(=O)NC(Cc1ccc(O)cc1)C(=O)NC(CCCCN)C(=O)NC(CS)C(=O)O. The fourth-order valence-corrected chi connectivity index (χ4v) is 3.12. The van der Waals surface area contributed by atoms with E-state index in [1.165, 1.54) is 19.1 Å². The van der Waals surface area contributed by atoms with Crippen LogP contribution in [0.15, 0.2) is 24.3 Å². The Kier molecular flexibility index (Phi) is 12.3. The van der Waals surface area contributed by atoms with E-state index in [1.807, 2.05) is 0 Å². The van der Waals surface area contributed by atoms with E-state index in [9.17, 15) is 29.4 Å². The van der Waals surface area contributed by atoms with Gasteiger partial charge in [-0.15, -0.1) is 0 Å². The van der Waals surface area contributed by atoms with Crippen LogP contribution < -0.4 is 27.4 Å². The van der Waals surface area contributed by atoms with Crippen LogP contribution in [0.1, 0.15) is 31.7 Å². The number of nitrogens with two attached hydrogens (primary N) is 2. The van der Waals surface area contributed by atoms with Crippen molar-refractivity contribution in [2.45, 2.75) is 56.8 Å². The molecule has 1 aromatic carbocycles. The van der Waals surface area contributed by atoms with Crippen LogP contribution in [0.5, 0.6) is 5.75 Å². The molecule has 12 heteroatoms. The molecule has 0 aliphatic rings. The second-order valence-corrected chi connectivity index (χ2v) is 8.01. The van der Waals surface area contributed by atoms with Crippen LogP contribution in [0.2, 0.25) is 0 Å². The van der Waals surface area contributed by atoms with Gasteiger partial charge in [-0.05, 0) is 50.4 Å². The minimum Gasteiger partial charge on any atom is -0.508 e. The summed E-state index contributed by atoms with van der Waals surface area (Å²) < 4.78 is 0. The van der Waals surface area contributed by atoms with Gasteiger partial charge < -0.3 is 37.6 Å². The molecule has 0 bridgehead atoms. The van der Waals surface area contributed by atoms with E-state index in [-0.39, 0.29) is 24.3 Å². The number of amides is 3. The van der Waals surface area contributed by atoms with Crippen LogP contribution in [0.3, 0.4) is 0 Å². The van der Waals surface area contributed by atoms with Crippen LogP contribution in [-0.4, -0.2) is 70.4 Å². The molecule has 4 atom stereocenters. The van der Waals surface area contributed by atoms with Crippen molar-refractivity contribution in [3.05, 3.63) is 29.8 Å². The zero-order valence-electron chi connectivity index (χ0n) is 18.5. The number of carboxylic acids is 1. The summed E-state index contributed by atoms with van der Waals surface area (Å²) in [6, 6.07) is 1.91. The molecule has 1 aromatic rings. The first-order chi connectivity index (χ1) is 15.6. The molecule has 0 spiro atoms. The fourth-order valence-electron chi connectivity index (χ4n) is 2.87. The number of phenols is 1. The molecular formula is C21H33N5O6S. The number of carbonyl (C=O) groups is 4. The normalized spacial score (nSPS) is 14.4. The van der Waals surface area contributed by atoms with Gasteiger partial charge in [0.15, 0.2) is 0 Å². The lowest BCUT2D eigenvalue weighted by Crippen LogP contribution is -2.57. The van der Waals surface area contributed by atoms with Gasteiger partial charge in [-0.3, -0.25) is 14.4 Å². The number of carboxylic acid groups (broad SMARTS) is 1. The van der Waals surface area contributed by atoms with E-state index in [2.05, 4.69) is 28.6 Å². The summed E-state index contributed by atoms with van der Waals surface area (Å²) in [7, 11) is 0. The number of unbranched alkanes of at least 4 members (excludes halogenated alkanes) is 1. The number of hydrogen-bond acceptors (Lipinski definition) is 8. The first-order valence-corrected chi connectivity index (χ1v) is 11.2. The highest BCUT2D eigenvalue weighted by atomic mass is 32.1. The number of aromatic hydroxyl groups is 1. The number of nitrogens with one attached hydrogen (secondary N) is 3. The van der Waals surface area contributed by atoms with Gasteiger partial charge in [-0.2, -0.15) is 12.6 Å². The largest absolute Gasteiger partial charge is 0.508 e. The van der Waals surface area contributed by atoms with E-state index in [1.54, 1.807) is 12.1 Å². The summed E-state index contributed by atoms with van der Waals surface area (Å²) >= 11 is 3.93. The second kappa shape index (κ2) is 14.3. The van der Waals surface area contributed by atoms with Gasteiger partial charge in [0.05, 0.1) is 6.04 Å². The van der Waals surface area contributed by atoms with Gasteiger partial charge in [0.1, 0.15) is 23.9 Å². The first-order valence-electron chi connectivity index (χ1n) is 10.6. The van der Waals surface area contributed by atoms with Gasteiger partial charge in [0, 0.05) is 12.2 Å². The number of rotatable bonds is 14. The monoisotopic (exact) mass is 483 g/mol. The molecule has 33 heavy (non-hydrogen) atoms. The highest BCUT2D eigenvalue weighted by Gasteiger charge is 2.29. The van der Waals surface area contributed by atoms with Crippen molar-refractivity contribution < 1.29 is 29.4 Å². The molecule has 1 rings (SSSR count). The Morgan fingerprint density at radius 2 is 1.48 bits per heavy atom. The summed E-state index contributed by atoms with van der Waals surface area (Å²) in [4.78, 5) is 49.2. The molecule has 0 aromatic heterocycles. The predicted octanol–water partition coefficient (Wildman–Crippen LogP) is -1.12. The van der Waals surface area contributed by atoms with Crippen LogP contribution in [0.4, 0.5) is 0 Å². The molecule has 0 saturated heterocycles. The maximum Gasteiger partial charge on any atom is 0.327 e. The number of phenolic OH excluding ortho intramolecular Hbond substituents is 1. The van der Waals surface area contributed by atoms with Crippen molar-refractivity contribution >= 4 is 36.3 Å². The highest BCUT2D eigenvalue weighted by molar-refractivity contribution is 7.80. The van der Waals surface area contributed by atoms with Gasteiger partial charge in [0.25, 0.3) is 0 Å². The molecule has 0 fully saturated rings. The van der Waals surface area contributed by atoms with Crippen molar-refractivity contribution in [1.29, 1.82) is 0 Å². The zero-order valence-corrected chi connectivity index (χ0v) is 19.4. The van der Waals surface area contributed by atoms with E-state index in [0.717, 1.165) is 0 Å². The topological polar surface area (TPSA) is 197 Å². The van der Waals surface area contributed by atoms with Gasteiger partial charge in [0.2, 0.25) is 17.7 Å². The van der Waals surface area contributed by atoms with E-state index in [0.29, 0.717) is 24.9 Å². The number of carbonyl (C=O) groups excluding carboxylic acids is 3. The van der Waals surface area contributed by atoms with Gasteiger partial charge in [-0.1, -0.05) is 12.1 Å². The predicted molar refractivity (Wildman–Crippen MR) is 126 cm³/mol. The number of thiol groups is 1. The highest BCUT2D eigenvalue weighted by Crippen LogP contribution is 2.12. The van der Waals surface area contributed by atoms with E-state index < -0.39 is 47.9 Å². The third-order valence-corrected chi connectivity index (χ3v) is 5.16. The first kappa shape index (κ1) is 28.2. The third kappa shape index (κ3) is 10.1. The van der Waals surface area contributed by atoms with Crippen LogP contribution >= 0.6 is 12.6 Å². The van der Waals surface area contributed by atoms with Crippen LogP contribution in [0, 0.1) is 0 Å². The Balaban J connectivity index is 3.04. The van der Waals surface area contributed by atoms with Gasteiger partial charge in [-0.25, -0.2) is 4.79 Å². The Bertz CT molecular complexity index is 805. The van der Waals surface area contributed by atoms with Crippen molar-refractivity contribution in [2.24, 2.45) is 11.5 Å². The van der Waals surface area contributed by atoms with Crippen molar-refractivity contribution in [3.8, 4) is 5.75 Å². The smallest absolute Gasteiger partial charge is 0.327 e. The fraction of sp³-hybridized carbons (Fsp3) is 0.524. The zero-order chi connectivity index (χ0) is 25.0. The summed E-state index contributed by atoms with van der Waals surface area (Å²) in [5, 5.41) is 26.2. The lowest BCUT2D eigenvalue weighted by atomic mass is 10.0. The number of aliphatic carboxylic acids is 1. The molecule has 0 radical (unpaired) electrons. The average molecular weight is 484 g/mol. The van der Waals surface area contributed by atoms with E-state index in [4.69, 9.17) is 11.5 Å². The van der Waals surface area contributed by atoms with Crippen LogP contribution in [-0.2, 0) is 25.6 Å². The maximum absolute atomic E-state index is 13.1. The third-order valence-electron chi connectivity index (χ3n) is 4.80. The van der Waals surface area contributed by atoms with Crippen molar-refractivity contribution in [3.63, 3.8) is 0 Å². The average Bonchev–Trinajstić information content (AvgIpc) is 2.77. The second-order valence-electron chi connectivity index (χ2n) is 7.65. The molecule has 4 unspecified atom stereocenters. The van der Waals surface area contributed by atoms with Crippen LogP contribution in [0.25, 0.3) is 0 Å². The molecule has 3 amide bonds. The summed E-state index contributed by atoms with van der Waals surface area (Å²) in [6.45, 7) is 1.86. The lowest BCUT2D eigenvalue weighted by molar-refractivity contribution is -0.141. The Labute approximate surface area is 198 Å². The molecule has 0 aliphatic heterocycles. The number of hydrogen-bond donors (Lipinski definition) is 8. The molecule has 9 N–H and O–H groups in total. The Morgan fingerprint density at radius 1 is 0.939 bits per heavy atom. The lowest BCUT2D eigenvalue weighted by Gasteiger charge is -2.25. The minimum absolute atomic E-state index is 0.0492. The molecule has 0 aliphatic carbocycles. The van der Waals surface area contributed by atoms with Crippen molar-refractivity contribution in [2.75, 3.05) is 12.3 Å². The molecular weight excluding hydrogens is 450 g/mol. The van der Waals surface area contributed by atoms with Crippen molar-refractivity contribution in [1.82, 2.24) is 16.0 Å². The summed E-state index contributed by atoms with van der Waals surface area (Å²) in [5.41, 5.74) is 11.8. The van der Waals surface area contributed by atoms with Gasteiger partial charge >= 0.3 is 5.97 Å². The standard InChI is InChI=1S/C21H33N5O6S/c1-12(23)18(28)25-16(10-13-5-7-14(27)8-6-13)20(30)24-15(4-2-3-9-22)19(29)26-17(11-33)21(31)32/h5-8,12,15-17,27,33H,2-4,9-11,22-23H2,1H3,(H,24,30)(H,25,28)(H,26,29)(H,31,32). The summed E-state index contributed by atoms with van der Waals surface area (Å²) in [6.07, 6.45) is 1.42. The number of benzene rings is 1. The molecule has 11 nitrogen and oxygen atoms in total. The van der Waals surface area contributed by atoms with E-state index >= 15 is 0 Å². The Hall–Kier alpha value is -2.83. The molecule has 0 saturated carbocycles. The maximum atomic E-state index is 13.1. The Morgan fingerprint density at radius 3 is 2.00 bits per heavy atom. The minimum atomic E-state index is -1.25. The molecule has 0 heterocycles. The summed E-state index contributed by atoms with van der Waals surface area (Å²) in [5.74, 6) is -3.20. The quantitative estimate of drug-likeness (QED) is 0.120.